The number of hydrogen-bond donors (Lipinski definition) is 2. The molecule has 7 heteroatoms. The number of carbonyl (C=O) groups is 2. The second-order valence-electron chi connectivity index (χ2n) is 5.66. The molecule has 1 atom stereocenters. The number of anilines is 1. The fraction of sp³-hybridized carbons (Fsp3) is 0.222. The van der Waals surface area contributed by atoms with E-state index in [1.54, 1.807) is 7.11 Å². The van der Waals surface area contributed by atoms with E-state index in [9.17, 15) is 14.0 Å². The molecule has 3 rings (SSSR count). The van der Waals surface area contributed by atoms with E-state index in [2.05, 4.69) is 10.6 Å². The number of rotatable bonds is 5. The average Bonchev–Trinajstić information content (AvgIpc) is 3.02. The third-order valence-corrected chi connectivity index (χ3v) is 3.96. The molecular weight excluding hydrogens is 325 g/mol. The second kappa shape index (κ2) is 7.21. The summed E-state index contributed by atoms with van der Waals surface area (Å²) in [6.07, 6.45) is 0. The van der Waals surface area contributed by atoms with Crippen LogP contribution in [0.3, 0.4) is 0 Å². The first-order valence-electron chi connectivity index (χ1n) is 7.81. The first-order chi connectivity index (χ1) is 12.1. The maximum Gasteiger partial charge on any atom is 0.322 e. The largest absolute Gasteiger partial charge is 0.497 e. The lowest BCUT2D eigenvalue weighted by molar-refractivity contribution is -0.122. The van der Waals surface area contributed by atoms with Crippen molar-refractivity contribution in [3.63, 3.8) is 0 Å². The number of hydrogen-bond acceptors (Lipinski definition) is 3. The van der Waals surface area contributed by atoms with Crippen molar-refractivity contribution in [3.05, 3.63) is 59.9 Å². The molecule has 0 radical (unpaired) electrons. The highest BCUT2D eigenvalue weighted by Crippen LogP contribution is 2.19. The first-order valence-corrected chi connectivity index (χ1v) is 7.81. The van der Waals surface area contributed by atoms with Crippen molar-refractivity contribution in [1.29, 1.82) is 0 Å². The molecule has 1 fully saturated rings. The van der Waals surface area contributed by atoms with Crippen LogP contribution >= 0.6 is 0 Å². The van der Waals surface area contributed by atoms with Gasteiger partial charge >= 0.3 is 6.03 Å². The van der Waals surface area contributed by atoms with Gasteiger partial charge in [-0.25, -0.2) is 9.18 Å². The Kier molecular flexibility index (Phi) is 4.83. The number of methoxy groups -OCH3 is 1. The summed E-state index contributed by atoms with van der Waals surface area (Å²) in [7, 11) is 1.58. The minimum atomic E-state index is -0.664. The molecule has 130 valence electrons. The van der Waals surface area contributed by atoms with E-state index in [1.807, 2.05) is 24.3 Å². The molecule has 1 aliphatic rings. The van der Waals surface area contributed by atoms with E-state index in [0.29, 0.717) is 18.0 Å². The molecule has 6 nitrogen and oxygen atoms in total. The summed E-state index contributed by atoms with van der Waals surface area (Å²) >= 11 is 0. The lowest BCUT2D eigenvalue weighted by Crippen LogP contribution is -2.42. The molecule has 0 saturated carbocycles. The molecule has 0 bridgehead atoms. The Balaban J connectivity index is 1.59. The summed E-state index contributed by atoms with van der Waals surface area (Å²) in [5.41, 5.74) is 1.44. The van der Waals surface area contributed by atoms with Crippen molar-refractivity contribution >= 4 is 17.6 Å². The zero-order valence-electron chi connectivity index (χ0n) is 13.7. The van der Waals surface area contributed by atoms with Crippen LogP contribution in [0, 0.1) is 5.82 Å². The van der Waals surface area contributed by atoms with E-state index >= 15 is 0 Å². The van der Waals surface area contributed by atoms with Crippen molar-refractivity contribution in [1.82, 2.24) is 10.6 Å². The summed E-state index contributed by atoms with van der Waals surface area (Å²) in [4.78, 5) is 25.8. The summed E-state index contributed by atoms with van der Waals surface area (Å²) in [5, 5.41) is 5.43. The lowest BCUT2D eigenvalue weighted by atomic mass is 10.2. The number of nitrogens with one attached hydrogen (secondary N) is 2. The van der Waals surface area contributed by atoms with E-state index < -0.39 is 6.04 Å². The third-order valence-electron chi connectivity index (χ3n) is 3.96. The average molecular weight is 343 g/mol. The van der Waals surface area contributed by atoms with E-state index in [-0.39, 0.29) is 24.3 Å². The van der Waals surface area contributed by atoms with Gasteiger partial charge in [0, 0.05) is 12.2 Å². The number of ether oxygens (including phenoxy) is 1. The number of urea groups is 1. The molecule has 0 aliphatic carbocycles. The number of carbonyl (C=O) groups excluding carboxylic acids is 2. The van der Waals surface area contributed by atoms with Crippen molar-refractivity contribution in [2.45, 2.75) is 12.6 Å². The van der Waals surface area contributed by atoms with Crippen LogP contribution in [-0.4, -0.2) is 31.6 Å². The van der Waals surface area contributed by atoms with Gasteiger partial charge in [-0.05, 0) is 42.0 Å². The van der Waals surface area contributed by atoms with Crippen LogP contribution in [0.1, 0.15) is 5.56 Å². The van der Waals surface area contributed by atoms with Crippen LogP contribution in [0.5, 0.6) is 5.75 Å². The van der Waals surface area contributed by atoms with Gasteiger partial charge < -0.3 is 15.4 Å². The van der Waals surface area contributed by atoms with Crippen LogP contribution in [0.2, 0.25) is 0 Å². The van der Waals surface area contributed by atoms with Crippen LogP contribution < -0.4 is 20.3 Å². The van der Waals surface area contributed by atoms with Gasteiger partial charge in [0.25, 0.3) is 0 Å². The normalized spacial score (nSPS) is 16.5. The predicted octanol–water partition coefficient (Wildman–Crippen LogP) is 2.05. The van der Waals surface area contributed by atoms with Gasteiger partial charge in [-0.3, -0.25) is 9.69 Å². The molecule has 1 aliphatic heterocycles. The molecule has 2 N–H and O–H groups in total. The maximum atomic E-state index is 13.0. The molecule has 3 amide bonds. The highest BCUT2D eigenvalue weighted by molar-refractivity contribution is 6.00. The zero-order valence-corrected chi connectivity index (χ0v) is 13.7. The predicted molar refractivity (Wildman–Crippen MR) is 90.9 cm³/mol. The fourth-order valence-corrected chi connectivity index (χ4v) is 2.63. The maximum absolute atomic E-state index is 13.0. The Morgan fingerprint density at radius 2 is 2.08 bits per heavy atom. The number of benzene rings is 2. The minimum Gasteiger partial charge on any atom is -0.497 e. The molecule has 1 unspecified atom stereocenters. The Morgan fingerprint density at radius 3 is 2.80 bits per heavy atom. The van der Waals surface area contributed by atoms with Crippen LogP contribution in [-0.2, 0) is 11.3 Å². The lowest BCUT2D eigenvalue weighted by Gasteiger charge is -2.14. The minimum absolute atomic E-state index is 0.189. The molecule has 2 aromatic carbocycles. The summed E-state index contributed by atoms with van der Waals surface area (Å²) in [6.45, 7) is 0.521. The van der Waals surface area contributed by atoms with Crippen LogP contribution in [0.15, 0.2) is 48.5 Å². The van der Waals surface area contributed by atoms with Crippen molar-refractivity contribution in [2.24, 2.45) is 0 Å². The Morgan fingerprint density at radius 1 is 1.32 bits per heavy atom. The second-order valence-corrected chi connectivity index (χ2v) is 5.66. The zero-order chi connectivity index (χ0) is 17.8. The molecule has 1 saturated heterocycles. The Bertz CT molecular complexity index is 779. The number of amides is 3. The van der Waals surface area contributed by atoms with Gasteiger partial charge in [0.15, 0.2) is 0 Å². The summed E-state index contributed by atoms with van der Waals surface area (Å²) in [6, 6.07) is 11.9. The summed E-state index contributed by atoms with van der Waals surface area (Å²) < 4.78 is 18.1. The van der Waals surface area contributed by atoms with Crippen molar-refractivity contribution in [2.75, 3.05) is 18.6 Å². The highest BCUT2D eigenvalue weighted by Gasteiger charge is 2.34. The van der Waals surface area contributed by atoms with Gasteiger partial charge in [-0.1, -0.05) is 12.1 Å². The monoisotopic (exact) mass is 343 g/mol. The Labute approximate surface area is 144 Å². The molecule has 1 heterocycles. The van der Waals surface area contributed by atoms with E-state index in [0.717, 1.165) is 5.56 Å². The Hall–Kier alpha value is -3.09. The topological polar surface area (TPSA) is 70.7 Å². The third kappa shape index (κ3) is 3.88. The highest BCUT2D eigenvalue weighted by atomic mass is 19.1. The van der Waals surface area contributed by atoms with Crippen LogP contribution in [0.25, 0.3) is 0 Å². The quantitative estimate of drug-likeness (QED) is 0.873. The molecule has 0 aromatic heterocycles. The first kappa shape index (κ1) is 16.8. The summed E-state index contributed by atoms with van der Waals surface area (Å²) in [5.74, 6) is 0.0557. The standard InChI is InChI=1S/C18H18FN3O3/c1-25-15-4-2-3-12(9-15)10-20-17(23)16-11-22(18(24)21-16)14-7-5-13(19)6-8-14/h2-9,16H,10-11H2,1H3,(H,20,23)(H,21,24). The number of nitrogens with zero attached hydrogens (tertiary/aromatic N) is 1. The van der Waals surface area contributed by atoms with E-state index in [1.165, 1.54) is 29.2 Å². The number of halogens is 1. The molecule has 0 spiro atoms. The smallest absolute Gasteiger partial charge is 0.322 e. The van der Waals surface area contributed by atoms with Gasteiger partial charge in [0.2, 0.25) is 5.91 Å². The van der Waals surface area contributed by atoms with Crippen LogP contribution in [0.4, 0.5) is 14.9 Å². The van der Waals surface area contributed by atoms with Gasteiger partial charge in [0.05, 0.1) is 13.7 Å². The van der Waals surface area contributed by atoms with E-state index in [4.69, 9.17) is 4.74 Å². The van der Waals surface area contributed by atoms with Crippen molar-refractivity contribution < 1.29 is 18.7 Å². The molecule has 25 heavy (non-hydrogen) atoms. The van der Waals surface area contributed by atoms with Gasteiger partial charge in [-0.2, -0.15) is 0 Å². The molecule has 2 aromatic rings. The fourth-order valence-electron chi connectivity index (χ4n) is 2.63. The van der Waals surface area contributed by atoms with Crippen molar-refractivity contribution in [3.8, 4) is 5.75 Å². The SMILES string of the molecule is COc1cccc(CNC(=O)C2CN(c3ccc(F)cc3)C(=O)N2)c1. The van der Waals surface area contributed by atoms with Gasteiger partial charge in [-0.15, -0.1) is 0 Å². The van der Waals surface area contributed by atoms with Gasteiger partial charge in [0.1, 0.15) is 17.6 Å². The molecular formula is C18H18FN3O3.